The number of aromatic hydroxyl groups is 1. The summed E-state index contributed by atoms with van der Waals surface area (Å²) in [5.74, 6) is -0.488. The molecule has 0 radical (unpaired) electrons. The zero-order valence-corrected chi connectivity index (χ0v) is 5.61. The summed E-state index contributed by atoms with van der Waals surface area (Å²) in [5, 5.41) is 17.4. The lowest BCUT2D eigenvalue weighted by Gasteiger charge is -1.83. The lowest BCUT2D eigenvalue weighted by molar-refractivity contribution is 0.469. The van der Waals surface area contributed by atoms with Gasteiger partial charge in [0.2, 0.25) is 5.43 Å². The molecule has 0 saturated carbocycles. The topological polar surface area (TPSA) is 61.1 Å². The van der Waals surface area contributed by atoms with Gasteiger partial charge in [-0.2, -0.15) is 5.26 Å². The molecule has 0 bridgehead atoms. The molecule has 0 aromatic heterocycles. The Bertz CT molecular complexity index is 365. The maximum atomic E-state index is 10.8. The van der Waals surface area contributed by atoms with Crippen molar-refractivity contribution in [1.82, 2.24) is 0 Å². The van der Waals surface area contributed by atoms with E-state index in [1.165, 1.54) is 24.3 Å². The van der Waals surface area contributed by atoms with E-state index >= 15 is 0 Å². The number of hydrogen-bond donors (Lipinski definition) is 1. The zero-order chi connectivity index (χ0) is 8.27. The summed E-state index contributed by atoms with van der Waals surface area (Å²) in [5.41, 5.74) is -0.536. The third kappa shape index (κ3) is 1.36. The van der Waals surface area contributed by atoms with E-state index in [0.717, 1.165) is 0 Å². The van der Waals surface area contributed by atoms with Crippen LogP contribution in [-0.2, 0) is 0 Å². The SMILES string of the molecule is N#Cc1ccccc(=O)c1O. The zero-order valence-electron chi connectivity index (χ0n) is 5.61. The Hall–Kier alpha value is -1.82. The van der Waals surface area contributed by atoms with Gasteiger partial charge in [-0.05, 0) is 12.1 Å². The van der Waals surface area contributed by atoms with E-state index in [0.29, 0.717) is 0 Å². The molecule has 1 rings (SSSR count). The smallest absolute Gasteiger partial charge is 0.221 e. The van der Waals surface area contributed by atoms with Gasteiger partial charge in [-0.1, -0.05) is 12.1 Å². The molecule has 1 aromatic carbocycles. The predicted molar refractivity (Wildman–Crippen MR) is 39.1 cm³/mol. The second-order valence-corrected chi connectivity index (χ2v) is 1.96. The van der Waals surface area contributed by atoms with Crippen LogP contribution in [0.15, 0.2) is 29.1 Å². The van der Waals surface area contributed by atoms with E-state index in [9.17, 15) is 4.79 Å². The fourth-order valence-electron chi connectivity index (χ4n) is 0.676. The van der Waals surface area contributed by atoms with Gasteiger partial charge in [-0.25, -0.2) is 0 Å². The highest BCUT2D eigenvalue weighted by Gasteiger charge is 1.99. The van der Waals surface area contributed by atoms with Crippen LogP contribution in [-0.4, -0.2) is 5.11 Å². The van der Waals surface area contributed by atoms with Crippen LogP contribution in [0.3, 0.4) is 0 Å². The Morgan fingerprint density at radius 1 is 1.36 bits per heavy atom. The van der Waals surface area contributed by atoms with Gasteiger partial charge in [0.1, 0.15) is 6.07 Å². The normalized spacial score (nSPS) is 8.64. The summed E-state index contributed by atoms with van der Waals surface area (Å²) in [6.07, 6.45) is 0. The minimum absolute atomic E-state index is 0.000000000000000222. The second-order valence-electron chi connectivity index (χ2n) is 1.96. The molecule has 1 aromatic rings. The van der Waals surface area contributed by atoms with Gasteiger partial charge in [-0.3, -0.25) is 4.79 Å². The van der Waals surface area contributed by atoms with E-state index in [1.54, 1.807) is 6.07 Å². The van der Waals surface area contributed by atoms with E-state index in [2.05, 4.69) is 0 Å². The monoisotopic (exact) mass is 147 g/mol. The molecular formula is C8H5NO2. The Kier molecular flexibility index (Phi) is 1.88. The average Bonchev–Trinajstić information content (AvgIpc) is 2.16. The standard InChI is InChI=1S/C8H5NO2/c9-5-6-3-1-2-4-7(10)8(6)11/h1-4H,(H,10,11). The predicted octanol–water partition coefficient (Wildman–Crippen LogP) is 0.624. The van der Waals surface area contributed by atoms with Gasteiger partial charge in [-0.15, -0.1) is 0 Å². The quantitative estimate of drug-likeness (QED) is 0.585. The molecule has 0 heterocycles. The van der Waals surface area contributed by atoms with Crippen LogP contribution in [0.2, 0.25) is 0 Å². The highest BCUT2D eigenvalue weighted by atomic mass is 16.3. The van der Waals surface area contributed by atoms with Crippen LogP contribution in [0.25, 0.3) is 0 Å². The Labute approximate surface area is 63.2 Å². The molecule has 3 nitrogen and oxygen atoms in total. The maximum absolute atomic E-state index is 10.8. The molecule has 54 valence electrons. The maximum Gasteiger partial charge on any atom is 0.221 e. The Morgan fingerprint density at radius 3 is 2.64 bits per heavy atom. The van der Waals surface area contributed by atoms with Crippen molar-refractivity contribution in [3.8, 4) is 11.8 Å². The molecule has 0 amide bonds. The third-order valence-electron chi connectivity index (χ3n) is 1.23. The third-order valence-corrected chi connectivity index (χ3v) is 1.23. The molecule has 0 aliphatic carbocycles. The largest absolute Gasteiger partial charge is 0.503 e. The summed E-state index contributed by atoms with van der Waals surface area (Å²) in [6.45, 7) is 0. The van der Waals surface area contributed by atoms with Crippen molar-refractivity contribution in [1.29, 1.82) is 5.26 Å². The van der Waals surface area contributed by atoms with Crippen molar-refractivity contribution in [2.45, 2.75) is 0 Å². The van der Waals surface area contributed by atoms with Crippen molar-refractivity contribution >= 4 is 0 Å². The molecule has 1 N–H and O–H groups in total. The van der Waals surface area contributed by atoms with Crippen LogP contribution in [0.5, 0.6) is 5.75 Å². The highest BCUT2D eigenvalue weighted by molar-refractivity contribution is 5.40. The fraction of sp³-hybridized carbons (Fsp3) is 0. The minimum atomic E-state index is -0.536. The van der Waals surface area contributed by atoms with E-state index in [1.807, 2.05) is 0 Å². The van der Waals surface area contributed by atoms with Crippen LogP contribution >= 0.6 is 0 Å². The minimum Gasteiger partial charge on any atom is -0.503 e. The first kappa shape index (κ1) is 7.29. The summed E-state index contributed by atoms with van der Waals surface area (Å²) in [6, 6.07) is 7.30. The average molecular weight is 147 g/mol. The molecule has 0 fully saturated rings. The summed E-state index contributed by atoms with van der Waals surface area (Å²) in [7, 11) is 0. The molecule has 11 heavy (non-hydrogen) atoms. The summed E-state index contributed by atoms with van der Waals surface area (Å²) >= 11 is 0. The van der Waals surface area contributed by atoms with Crippen molar-refractivity contribution < 1.29 is 5.11 Å². The van der Waals surface area contributed by atoms with Crippen LogP contribution in [0.4, 0.5) is 0 Å². The van der Waals surface area contributed by atoms with Crippen molar-refractivity contribution in [2.75, 3.05) is 0 Å². The number of hydrogen-bond acceptors (Lipinski definition) is 3. The molecule has 0 spiro atoms. The highest BCUT2D eigenvalue weighted by Crippen LogP contribution is 2.06. The first-order valence-corrected chi connectivity index (χ1v) is 2.98. The summed E-state index contributed by atoms with van der Waals surface area (Å²) < 4.78 is 0. The second kappa shape index (κ2) is 2.84. The van der Waals surface area contributed by atoms with Crippen LogP contribution in [0.1, 0.15) is 5.56 Å². The first-order chi connectivity index (χ1) is 5.25. The van der Waals surface area contributed by atoms with Gasteiger partial charge in [0.15, 0.2) is 5.75 Å². The Morgan fingerprint density at radius 2 is 2.00 bits per heavy atom. The fourth-order valence-corrected chi connectivity index (χ4v) is 0.676. The molecule has 3 heteroatoms. The van der Waals surface area contributed by atoms with Crippen LogP contribution < -0.4 is 5.43 Å². The van der Waals surface area contributed by atoms with Crippen molar-refractivity contribution in [2.24, 2.45) is 0 Å². The molecule has 0 unspecified atom stereocenters. The lowest BCUT2D eigenvalue weighted by atomic mass is 10.3. The van der Waals surface area contributed by atoms with E-state index in [4.69, 9.17) is 10.4 Å². The molecule has 0 saturated heterocycles. The number of rotatable bonds is 0. The summed E-state index contributed by atoms with van der Waals surface area (Å²) in [4.78, 5) is 10.8. The molecule has 0 aliphatic heterocycles. The van der Waals surface area contributed by atoms with E-state index < -0.39 is 11.2 Å². The van der Waals surface area contributed by atoms with Gasteiger partial charge in [0.25, 0.3) is 0 Å². The molecule has 0 atom stereocenters. The molecule has 0 aliphatic rings. The number of nitriles is 1. The molecular weight excluding hydrogens is 142 g/mol. The van der Waals surface area contributed by atoms with Gasteiger partial charge >= 0.3 is 0 Å². The van der Waals surface area contributed by atoms with Gasteiger partial charge < -0.3 is 5.11 Å². The first-order valence-electron chi connectivity index (χ1n) is 2.98. The van der Waals surface area contributed by atoms with Crippen molar-refractivity contribution in [3.63, 3.8) is 0 Å². The van der Waals surface area contributed by atoms with Gasteiger partial charge in [0.05, 0.1) is 5.56 Å². The van der Waals surface area contributed by atoms with Crippen molar-refractivity contribution in [3.05, 3.63) is 40.1 Å². The van der Waals surface area contributed by atoms with Crippen LogP contribution in [0, 0.1) is 11.3 Å². The lowest BCUT2D eigenvalue weighted by Crippen LogP contribution is -1.94. The van der Waals surface area contributed by atoms with Gasteiger partial charge in [0, 0.05) is 0 Å². The van der Waals surface area contributed by atoms with E-state index in [-0.39, 0.29) is 5.56 Å². The Balaban J connectivity index is 3.58. The number of nitrogens with zero attached hydrogens (tertiary/aromatic N) is 1.